The molecule has 0 radical (unpaired) electrons. The molecule has 1 aromatic heterocycles. The third-order valence-electron chi connectivity index (χ3n) is 10.8. The van der Waals surface area contributed by atoms with Crippen LogP contribution < -0.4 is 5.32 Å². The fourth-order valence-electron chi connectivity index (χ4n) is 7.81. The molecule has 0 aliphatic carbocycles. The van der Waals surface area contributed by atoms with Crippen LogP contribution in [0.25, 0.3) is 22.2 Å². The standard InChI is InChI=1S/C44H61F2N5O6/c1-27(48(11)40(54)56-43(5,6)7)38(52)47-37(42(2,3)4)39(53)50-22-12-13-32(50)26-34-33-19-18-30(46)25-35(33)51(36(34)28-14-16-29(45)17-15-28)31-20-23-49(24-21-31)41(55)57-44(8,9)10/h14-19,25,27,31-32,37H,12-13,20-24,26H2,1-11H3,(H,47,52)/t27-,32-,37+/m0/s1. The van der Waals surface area contributed by atoms with Gasteiger partial charge in [0.1, 0.15) is 34.9 Å². The molecule has 11 nitrogen and oxygen atoms in total. The minimum absolute atomic E-state index is 0.107. The molecule has 0 unspecified atom stereocenters. The molecule has 0 bridgehead atoms. The fourth-order valence-corrected chi connectivity index (χ4v) is 7.81. The van der Waals surface area contributed by atoms with Gasteiger partial charge in [0.2, 0.25) is 11.8 Å². The maximum Gasteiger partial charge on any atom is 0.410 e. The highest BCUT2D eigenvalue weighted by atomic mass is 19.1. The molecule has 4 amide bonds. The first-order valence-corrected chi connectivity index (χ1v) is 20.1. The highest BCUT2D eigenvalue weighted by Gasteiger charge is 2.42. The number of ether oxygens (including phenoxy) is 2. The second kappa shape index (κ2) is 16.7. The number of amides is 4. The van der Waals surface area contributed by atoms with E-state index in [1.165, 1.54) is 36.2 Å². The summed E-state index contributed by atoms with van der Waals surface area (Å²) in [5.74, 6) is -1.47. The summed E-state index contributed by atoms with van der Waals surface area (Å²) in [5.41, 5.74) is 1.15. The molecule has 2 aliphatic rings. The molecular weight excluding hydrogens is 733 g/mol. The van der Waals surface area contributed by atoms with Crippen LogP contribution in [0.4, 0.5) is 18.4 Å². The van der Waals surface area contributed by atoms with E-state index >= 15 is 4.39 Å². The largest absolute Gasteiger partial charge is 0.444 e. The number of aromatic nitrogens is 1. The molecule has 312 valence electrons. The van der Waals surface area contributed by atoms with Gasteiger partial charge in [-0.15, -0.1) is 0 Å². The normalized spacial score (nSPS) is 18.0. The molecular formula is C44H61F2N5O6. The molecule has 1 N–H and O–H groups in total. The zero-order valence-electron chi connectivity index (χ0n) is 35.5. The zero-order chi connectivity index (χ0) is 42.2. The molecule has 57 heavy (non-hydrogen) atoms. The number of halogens is 2. The van der Waals surface area contributed by atoms with Crippen LogP contribution in [-0.4, -0.2) is 99.3 Å². The summed E-state index contributed by atoms with van der Waals surface area (Å²) in [6.07, 6.45) is 2.07. The minimum atomic E-state index is -0.910. The Morgan fingerprint density at radius 2 is 1.44 bits per heavy atom. The lowest BCUT2D eigenvalue weighted by atomic mass is 9.85. The molecule has 0 saturated carbocycles. The van der Waals surface area contributed by atoms with Gasteiger partial charge in [0, 0.05) is 44.2 Å². The quantitative estimate of drug-likeness (QED) is 0.245. The van der Waals surface area contributed by atoms with Crippen molar-refractivity contribution in [3.8, 4) is 11.3 Å². The Morgan fingerprint density at radius 3 is 2.02 bits per heavy atom. The number of nitrogens with one attached hydrogen (secondary N) is 1. The SMILES string of the molecule is C[C@@H](C(=O)N[C@H](C(=O)N1CCC[C@H]1Cc1c(-c2ccc(F)cc2)n(C2CCN(C(=O)OC(C)(C)C)CC2)c2cc(F)ccc12)C(C)(C)C)N(C)C(=O)OC(C)(C)C. The van der Waals surface area contributed by atoms with Crippen LogP contribution in [0.15, 0.2) is 42.5 Å². The van der Waals surface area contributed by atoms with E-state index in [0.717, 1.165) is 28.6 Å². The number of carbonyl (C=O) groups excluding carboxylic acids is 4. The summed E-state index contributed by atoms with van der Waals surface area (Å²) in [6, 6.07) is 8.87. The number of likely N-dealkylation sites (tertiary alicyclic amines) is 2. The predicted molar refractivity (Wildman–Crippen MR) is 217 cm³/mol. The van der Waals surface area contributed by atoms with Crippen molar-refractivity contribution >= 4 is 34.9 Å². The van der Waals surface area contributed by atoms with Gasteiger partial charge in [-0.05, 0) is 140 Å². The summed E-state index contributed by atoms with van der Waals surface area (Å²) in [4.78, 5) is 58.8. The molecule has 3 aromatic rings. The smallest absolute Gasteiger partial charge is 0.410 e. The molecule has 2 saturated heterocycles. The number of fused-ring (bicyclic) bond motifs is 1. The third-order valence-corrected chi connectivity index (χ3v) is 10.8. The van der Waals surface area contributed by atoms with Gasteiger partial charge >= 0.3 is 12.2 Å². The van der Waals surface area contributed by atoms with E-state index in [1.807, 2.05) is 46.4 Å². The van der Waals surface area contributed by atoms with Crippen molar-refractivity contribution < 1.29 is 37.4 Å². The van der Waals surface area contributed by atoms with Crippen molar-refractivity contribution in [1.82, 2.24) is 24.6 Å². The van der Waals surface area contributed by atoms with Gasteiger partial charge in [-0.1, -0.05) is 20.8 Å². The van der Waals surface area contributed by atoms with Crippen LogP contribution in [0.5, 0.6) is 0 Å². The first-order chi connectivity index (χ1) is 26.4. The van der Waals surface area contributed by atoms with E-state index in [-0.39, 0.29) is 29.9 Å². The van der Waals surface area contributed by atoms with Crippen LogP contribution in [-0.2, 0) is 25.5 Å². The molecule has 13 heteroatoms. The van der Waals surface area contributed by atoms with Crippen molar-refractivity contribution in [1.29, 1.82) is 0 Å². The van der Waals surface area contributed by atoms with Gasteiger partial charge in [-0.25, -0.2) is 18.4 Å². The molecule has 0 spiro atoms. The van der Waals surface area contributed by atoms with Crippen molar-refractivity contribution in [3.63, 3.8) is 0 Å². The lowest BCUT2D eigenvalue weighted by Crippen LogP contribution is -2.59. The van der Waals surface area contributed by atoms with Gasteiger partial charge in [-0.2, -0.15) is 0 Å². The second-order valence-corrected chi connectivity index (χ2v) is 18.7. The maximum atomic E-state index is 15.2. The zero-order valence-corrected chi connectivity index (χ0v) is 35.5. The van der Waals surface area contributed by atoms with Gasteiger partial charge in [0.25, 0.3) is 0 Å². The molecule has 2 fully saturated rings. The summed E-state index contributed by atoms with van der Waals surface area (Å²) >= 11 is 0. The maximum absolute atomic E-state index is 15.2. The van der Waals surface area contributed by atoms with Gasteiger partial charge in [-0.3, -0.25) is 14.5 Å². The number of hydrogen-bond donors (Lipinski definition) is 1. The van der Waals surface area contributed by atoms with Crippen LogP contribution in [0.3, 0.4) is 0 Å². The van der Waals surface area contributed by atoms with Gasteiger partial charge < -0.3 is 29.2 Å². The molecule has 3 heterocycles. The van der Waals surface area contributed by atoms with Crippen LogP contribution in [0, 0.1) is 17.0 Å². The van der Waals surface area contributed by atoms with Gasteiger partial charge in [0.15, 0.2) is 0 Å². The average molecular weight is 794 g/mol. The van der Waals surface area contributed by atoms with E-state index in [1.54, 1.807) is 50.8 Å². The Morgan fingerprint density at radius 1 is 0.842 bits per heavy atom. The number of piperidine rings is 1. The summed E-state index contributed by atoms with van der Waals surface area (Å²) in [5, 5.41) is 3.81. The number of carbonyl (C=O) groups is 4. The van der Waals surface area contributed by atoms with Crippen LogP contribution >= 0.6 is 0 Å². The van der Waals surface area contributed by atoms with Crippen molar-refractivity contribution in [2.75, 3.05) is 26.7 Å². The molecule has 2 aromatic carbocycles. The van der Waals surface area contributed by atoms with Gasteiger partial charge in [0.05, 0.1) is 11.2 Å². The third kappa shape index (κ3) is 10.3. The van der Waals surface area contributed by atoms with Crippen molar-refractivity contribution in [3.05, 3.63) is 59.7 Å². The Hall–Kier alpha value is -4.68. The Labute approximate surface area is 336 Å². The topological polar surface area (TPSA) is 113 Å². The van der Waals surface area contributed by atoms with Crippen molar-refractivity contribution in [2.24, 2.45) is 5.41 Å². The summed E-state index contributed by atoms with van der Waals surface area (Å²) < 4.78 is 42.8. The van der Waals surface area contributed by atoms with E-state index < -0.39 is 46.5 Å². The van der Waals surface area contributed by atoms with Crippen LogP contribution in [0.1, 0.15) is 107 Å². The fraction of sp³-hybridized carbons (Fsp3) is 0.591. The van der Waals surface area contributed by atoms with Crippen LogP contribution in [0.2, 0.25) is 0 Å². The molecule has 2 aliphatic heterocycles. The lowest BCUT2D eigenvalue weighted by Gasteiger charge is -2.37. The number of benzene rings is 2. The number of likely N-dealkylation sites (N-methyl/N-ethyl adjacent to an activating group) is 1. The Balaban J connectivity index is 1.48. The minimum Gasteiger partial charge on any atom is -0.444 e. The van der Waals surface area contributed by atoms with E-state index in [0.29, 0.717) is 50.8 Å². The number of nitrogens with zero attached hydrogens (tertiary/aromatic N) is 4. The Kier molecular flexibility index (Phi) is 12.7. The first kappa shape index (κ1) is 43.4. The van der Waals surface area contributed by atoms with E-state index in [2.05, 4.69) is 9.88 Å². The van der Waals surface area contributed by atoms with Crippen molar-refractivity contribution in [2.45, 2.75) is 137 Å². The summed E-state index contributed by atoms with van der Waals surface area (Å²) in [6.45, 7) is 19.4. The second-order valence-electron chi connectivity index (χ2n) is 18.7. The lowest BCUT2D eigenvalue weighted by molar-refractivity contribution is -0.141. The highest BCUT2D eigenvalue weighted by Crippen LogP contribution is 2.42. The monoisotopic (exact) mass is 793 g/mol. The Bertz CT molecular complexity index is 1950. The van der Waals surface area contributed by atoms with E-state index in [9.17, 15) is 23.6 Å². The molecule has 5 rings (SSSR count). The number of hydrogen-bond acceptors (Lipinski definition) is 6. The summed E-state index contributed by atoms with van der Waals surface area (Å²) in [7, 11) is 1.49. The predicted octanol–water partition coefficient (Wildman–Crippen LogP) is 8.48. The average Bonchev–Trinajstić information content (AvgIpc) is 3.70. The first-order valence-electron chi connectivity index (χ1n) is 20.1. The highest BCUT2D eigenvalue weighted by molar-refractivity contribution is 5.94. The number of rotatable bonds is 8. The molecule has 3 atom stereocenters. The van der Waals surface area contributed by atoms with E-state index in [4.69, 9.17) is 9.47 Å².